The number of benzene rings is 1. The molecule has 2 N–H and O–H groups in total. The second-order valence-corrected chi connectivity index (χ2v) is 2.96. The largest absolute Gasteiger partial charge is 0.468 e. The van der Waals surface area contributed by atoms with Gasteiger partial charge in [-0.3, -0.25) is 4.79 Å². The van der Waals surface area contributed by atoms with Crippen LogP contribution in [0.15, 0.2) is 30.3 Å². The predicted molar refractivity (Wildman–Crippen MR) is 62.7 cm³/mol. The number of ether oxygens (including phenoxy) is 1. The normalized spacial score (nSPS) is 11.9. The van der Waals surface area contributed by atoms with E-state index in [-0.39, 0.29) is 18.2 Å². The molecular formula is C11H13ClFNO2. The number of carbonyl (C=O) groups excluding carboxylic acids is 1. The van der Waals surface area contributed by atoms with Crippen LogP contribution in [0.25, 0.3) is 6.08 Å². The Morgan fingerprint density at radius 1 is 1.44 bits per heavy atom. The van der Waals surface area contributed by atoms with E-state index in [0.717, 1.165) is 5.56 Å². The Morgan fingerprint density at radius 3 is 2.50 bits per heavy atom. The molecule has 1 aromatic rings. The molecule has 0 aliphatic heterocycles. The van der Waals surface area contributed by atoms with Gasteiger partial charge in [0, 0.05) is 0 Å². The van der Waals surface area contributed by atoms with Gasteiger partial charge in [0.15, 0.2) is 0 Å². The summed E-state index contributed by atoms with van der Waals surface area (Å²) in [6.45, 7) is 0. The van der Waals surface area contributed by atoms with Gasteiger partial charge < -0.3 is 10.5 Å². The summed E-state index contributed by atoms with van der Waals surface area (Å²) in [7, 11) is 1.27. The molecule has 0 heterocycles. The van der Waals surface area contributed by atoms with Crippen molar-refractivity contribution in [1.29, 1.82) is 0 Å². The van der Waals surface area contributed by atoms with Gasteiger partial charge in [-0.25, -0.2) is 4.39 Å². The number of methoxy groups -OCH3 is 1. The molecule has 3 nitrogen and oxygen atoms in total. The van der Waals surface area contributed by atoms with Crippen molar-refractivity contribution >= 4 is 24.5 Å². The van der Waals surface area contributed by atoms with Crippen LogP contribution in [0.1, 0.15) is 5.56 Å². The van der Waals surface area contributed by atoms with Gasteiger partial charge in [0.25, 0.3) is 0 Å². The minimum atomic E-state index is -0.792. The second kappa shape index (κ2) is 6.98. The van der Waals surface area contributed by atoms with Gasteiger partial charge in [-0.05, 0) is 17.7 Å². The molecule has 0 aromatic heterocycles. The van der Waals surface area contributed by atoms with E-state index in [1.807, 2.05) is 0 Å². The number of hydrogen-bond donors (Lipinski definition) is 1. The first-order chi connectivity index (χ1) is 7.13. The SMILES string of the molecule is COC(=O)C(N)/C=C/c1ccc(F)cc1.Cl. The molecule has 1 unspecified atom stereocenters. The Morgan fingerprint density at radius 2 is 2.00 bits per heavy atom. The highest BCUT2D eigenvalue weighted by Gasteiger charge is 2.08. The van der Waals surface area contributed by atoms with Crippen molar-refractivity contribution in [2.24, 2.45) is 5.73 Å². The molecule has 0 saturated carbocycles. The van der Waals surface area contributed by atoms with Gasteiger partial charge in [0.2, 0.25) is 0 Å². The van der Waals surface area contributed by atoms with E-state index in [4.69, 9.17) is 5.73 Å². The third kappa shape index (κ3) is 4.42. The van der Waals surface area contributed by atoms with Gasteiger partial charge in [0.05, 0.1) is 7.11 Å². The van der Waals surface area contributed by atoms with Crippen molar-refractivity contribution < 1.29 is 13.9 Å². The summed E-state index contributed by atoms with van der Waals surface area (Å²) in [5.41, 5.74) is 6.24. The third-order valence-electron chi connectivity index (χ3n) is 1.84. The van der Waals surface area contributed by atoms with Crippen LogP contribution in [0.3, 0.4) is 0 Å². The Balaban J connectivity index is 0.00000225. The summed E-state index contributed by atoms with van der Waals surface area (Å²) in [4.78, 5) is 10.9. The molecule has 0 aliphatic rings. The quantitative estimate of drug-likeness (QED) is 0.826. The Labute approximate surface area is 99.5 Å². The molecule has 0 amide bonds. The number of esters is 1. The third-order valence-corrected chi connectivity index (χ3v) is 1.84. The van der Waals surface area contributed by atoms with Crippen LogP contribution in [0.4, 0.5) is 4.39 Å². The lowest BCUT2D eigenvalue weighted by molar-refractivity contribution is -0.140. The van der Waals surface area contributed by atoms with Crippen molar-refractivity contribution in [3.05, 3.63) is 41.7 Å². The van der Waals surface area contributed by atoms with Crippen molar-refractivity contribution in [3.63, 3.8) is 0 Å². The zero-order valence-corrected chi connectivity index (χ0v) is 9.54. The number of hydrogen-bond acceptors (Lipinski definition) is 3. The van der Waals surface area contributed by atoms with E-state index in [1.54, 1.807) is 18.2 Å². The van der Waals surface area contributed by atoms with Gasteiger partial charge >= 0.3 is 5.97 Å². The monoisotopic (exact) mass is 245 g/mol. The maximum Gasteiger partial charge on any atom is 0.326 e. The molecule has 1 atom stereocenters. The molecule has 1 aromatic carbocycles. The summed E-state index contributed by atoms with van der Waals surface area (Å²) in [6.07, 6.45) is 3.14. The summed E-state index contributed by atoms with van der Waals surface area (Å²) in [6, 6.07) is 5.07. The predicted octanol–water partition coefficient (Wildman–Crippen LogP) is 1.76. The maximum absolute atomic E-state index is 12.5. The highest BCUT2D eigenvalue weighted by Crippen LogP contribution is 2.05. The highest BCUT2D eigenvalue weighted by molar-refractivity contribution is 5.85. The lowest BCUT2D eigenvalue weighted by atomic mass is 10.2. The molecule has 88 valence electrons. The first-order valence-corrected chi connectivity index (χ1v) is 4.40. The molecule has 0 saturated heterocycles. The fourth-order valence-electron chi connectivity index (χ4n) is 1.00. The van der Waals surface area contributed by atoms with Gasteiger partial charge in [-0.1, -0.05) is 24.3 Å². The number of carbonyl (C=O) groups is 1. The van der Waals surface area contributed by atoms with Crippen LogP contribution in [0.5, 0.6) is 0 Å². The minimum absolute atomic E-state index is 0. The molecule has 0 spiro atoms. The molecule has 16 heavy (non-hydrogen) atoms. The van der Waals surface area contributed by atoms with Crippen molar-refractivity contribution in [2.75, 3.05) is 7.11 Å². The van der Waals surface area contributed by atoms with E-state index >= 15 is 0 Å². The Kier molecular flexibility index (Phi) is 6.37. The summed E-state index contributed by atoms with van der Waals surface area (Å²) in [5.74, 6) is -0.808. The summed E-state index contributed by atoms with van der Waals surface area (Å²) < 4.78 is 17.0. The van der Waals surface area contributed by atoms with Crippen molar-refractivity contribution in [2.45, 2.75) is 6.04 Å². The Bertz CT molecular complexity index is 365. The number of nitrogens with two attached hydrogens (primary N) is 1. The molecule has 0 bridgehead atoms. The van der Waals surface area contributed by atoms with Crippen LogP contribution in [-0.4, -0.2) is 19.1 Å². The minimum Gasteiger partial charge on any atom is -0.468 e. The second-order valence-electron chi connectivity index (χ2n) is 2.96. The van der Waals surface area contributed by atoms with E-state index in [2.05, 4.69) is 4.74 Å². The van der Waals surface area contributed by atoms with E-state index < -0.39 is 12.0 Å². The zero-order chi connectivity index (χ0) is 11.3. The lowest BCUT2D eigenvalue weighted by Crippen LogP contribution is -2.28. The standard InChI is InChI=1S/C11H12FNO2.ClH/c1-15-11(14)10(13)7-4-8-2-5-9(12)6-3-8;/h2-7,10H,13H2,1H3;1H/b7-4+;. The van der Waals surface area contributed by atoms with Crippen molar-refractivity contribution in [3.8, 4) is 0 Å². The zero-order valence-electron chi connectivity index (χ0n) is 8.72. The average Bonchev–Trinajstić information content (AvgIpc) is 2.26. The van der Waals surface area contributed by atoms with Crippen LogP contribution >= 0.6 is 12.4 Å². The first kappa shape index (κ1) is 14.6. The highest BCUT2D eigenvalue weighted by atomic mass is 35.5. The van der Waals surface area contributed by atoms with E-state index in [9.17, 15) is 9.18 Å². The molecule has 0 aliphatic carbocycles. The van der Waals surface area contributed by atoms with Gasteiger partial charge in [-0.2, -0.15) is 0 Å². The number of halogens is 2. The molecule has 5 heteroatoms. The molecule has 0 radical (unpaired) electrons. The van der Waals surface area contributed by atoms with Crippen LogP contribution < -0.4 is 5.73 Å². The smallest absolute Gasteiger partial charge is 0.326 e. The van der Waals surface area contributed by atoms with Crippen LogP contribution in [0, 0.1) is 5.82 Å². The fraction of sp³-hybridized carbons (Fsp3) is 0.182. The van der Waals surface area contributed by atoms with E-state index in [1.165, 1.54) is 25.3 Å². The topological polar surface area (TPSA) is 52.3 Å². The summed E-state index contributed by atoms with van der Waals surface area (Å²) >= 11 is 0. The summed E-state index contributed by atoms with van der Waals surface area (Å²) in [5, 5.41) is 0. The molecule has 0 fully saturated rings. The van der Waals surface area contributed by atoms with E-state index in [0.29, 0.717) is 0 Å². The average molecular weight is 246 g/mol. The molecule has 1 rings (SSSR count). The Hall–Kier alpha value is -1.39. The lowest BCUT2D eigenvalue weighted by Gasteiger charge is -2.02. The molecular weight excluding hydrogens is 233 g/mol. The van der Waals surface area contributed by atoms with Crippen LogP contribution in [0.2, 0.25) is 0 Å². The fourth-order valence-corrected chi connectivity index (χ4v) is 1.00. The number of rotatable bonds is 3. The van der Waals surface area contributed by atoms with Crippen molar-refractivity contribution in [1.82, 2.24) is 0 Å². The van der Waals surface area contributed by atoms with Gasteiger partial charge in [0.1, 0.15) is 11.9 Å². The maximum atomic E-state index is 12.5. The van der Waals surface area contributed by atoms with Gasteiger partial charge in [-0.15, -0.1) is 12.4 Å². The first-order valence-electron chi connectivity index (χ1n) is 4.40. The van der Waals surface area contributed by atoms with Crippen LogP contribution in [-0.2, 0) is 9.53 Å².